The molecule has 4 rings (SSSR count). The first-order chi connectivity index (χ1) is 17.6. The molecule has 8 nitrogen and oxygen atoms in total. The summed E-state index contributed by atoms with van der Waals surface area (Å²) >= 11 is 0. The van der Waals surface area contributed by atoms with Gasteiger partial charge in [-0.3, -0.25) is 19.8 Å². The number of nitrogens with one attached hydrogen (secondary N) is 1. The number of rotatable bonds is 8. The summed E-state index contributed by atoms with van der Waals surface area (Å²) in [5.41, 5.74) is 0.378. The van der Waals surface area contributed by atoms with Crippen molar-refractivity contribution in [1.82, 2.24) is 9.80 Å². The number of benzene rings is 2. The topological polar surface area (TPSA) is 82.0 Å². The highest BCUT2D eigenvalue weighted by Gasteiger charge is 2.38. The molecule has 0 saturated carbocycles. The number of nitro groups is 1. The lowest BCUT2D eigenvalue weighted by Gasteiger charge is -2.36. The number of hydrogen-bond donors (Lipinski definition) is 1. The van der Waals surface area contributed by atoms with Gasteiger partial charge in [0.1, 0.15) is 5.56 Å². The average molecular weight is 536 g/mol. The highest BCUT2D eigenvalue weighted by Crippen LogP contribution is 2.37. The Hall–Kier alpha value is -3.34. The molecular weight excluding hydrogens is 499 g/mol. The van der Waals surface area contributed by atoms with Crippen LogP contribution in [0.3, 0.4) is 0 Å². The van der Waals surface area contributed by atoms with Crippen molar-refractivity contribution in [3.8, 4) is 0 Å². The van der Waals surface area contributed by atoms with Crippen LogP contribution >= 0.6 is 0 Å². The third-order valence-electron chi connectivity index (χ3n) is 7.05. The standard InChI is InChI=1S/C26H32F3N5O3.CH4/c1-19-4-7-22(8-5-19)32-15-13-31(14-16-32)11-2-3-25(35)33-12-10-21(18-33)30-20-6-9-24(34(36)37)23(17-20)26(27,28)29;/h4-9,17,21,30H,2-3,10-16,18H2,1H3;1H4/t21-;/m1./s1. The second-order valence-electron chi connectivity index (χ2n) is 9.72. The van der Waals surface area contributed by atoms with Crippen LogP contribution in [0.2, 0.25) is 0 Å². The van der Waals surface area contributed by atoms with Gasteiger partial charge in [-0.15, -0.1) is 0 Å². The van der Waals surface area contributed by atoms with Gasteiger partial charge in [-0.2, -0.15) is 13.2 Å². The van der Waals surface area contributed by atoms with Gasteiger partial charge in [0, 0.05) is 69.2 Å². The maximum atomic E-state index is 13.2. The van der Waals surface area contributed by atoms with Crippen molar-refractivity contribution in [2.75, 3.05) is 56.0 Å². The van der Waals surface area contributed by atoms with E-state index in [-0.39, 0.29) is 25.1 Å². The molecule has 2 aliphatic rings. The van der Waals surface area contributed by atoms with Crippen molar-refractivity contribution in [3.05, 3.63) is 63.7 Å². The van der Waals surface area contributed by atoms with Gasteiger partial charge < -0.3 is 15.1 Å². The van der Waals surface area contributed by atoms with Gasteiger partial charge in [0.05, 0.1) is 4.92 Å². The molecule has 1 atom stereocenters. The van der Waals surface area contributed by atoms with Crippen LogP contribution in [0, 0.1) is 17.0 Å². The zero-order valence-corrected chi connectivity index (χ0v) is 20.8. The zero-order valence-electron chi connectivity index (χ0n) is 20.8. The number of amides is 1. The van der Waals surface area contributed by atoms with Crippen molar-refractivity contribution < 1.29 is 22.9 Å². The third kappa shape index (κ3) is 7.37. The monoisotopic (exact) mass is 535 g/mol. The Morgan fingerprint density at radius 3 is 2.39 bits per heavy atom. The molecule has 0 spiro atoms. The molecule has 2 aromatic rings. The number of alkyl halides is 3. The normalized spacial score (nSPS) is 18.3. The van der Waals surface area contributed by atoms with Gasteiger partial charge in [0.15, 0.2) is 0 Å². The van der Waals surface area contributed by atoms with Gasteiger partial charge in [0.25, 0.3) is 5.69 Å². The second kappa shape index (κ2) is 12.5. The molecule has 208 valence electrons. The van der Waals surface area contributed by atoms with E-state index in [0.717, 1.165) is 51.3 Å². The Balaban J connectivity index is 0.00000400. The Kier molecular flexibility index (Phi) is 9.59. The zero-order chi connectivity index (χ0) is 26.6. The molecule has 1 N–H and O–H groups in total. The Labute approximate surface area is 221 Å². The van der Waals surface area contributed by atoms with Gasteiger partial charge in [-0.1, -0.05) is 25.1 Å². The van der Waals surface area contributed by atoms with Crippen molar-refractivity contribution >= 4 is 23.0 Å². The molecule has 0 radical (unpaired) electrons. The molecule has 1 amide bonds. The number of aryl methyl sites for hydroxylation is 1. The summed E-state index contributed by atoms with van der Waals surface area (Å²) in [4.78, 5) is 29.1. The predicted octanol–water partition coefficient (Wildman–Crippen LogP) is 5.17. The van der Waals surface area contributed by atoms with E-state index in [1.54, 1.807) is 4.90 Å². The summed E-state index contributed by atoms with van der Waals surface area (Å²) in [6, 6.07) is 11.2. The summed E-state index contributed by atoms with van der Waals surface area (Å²) in [6.07, 6.45) is -3.04. The molecule has 38 heavy (non-hydrogen) atoms. The lowest BCUT2D eigenvalue weighted by Crippen LogP contribution is -2.46. The van der Waals surface area contributed by atoms with E-state index in [1.807, 2.05) is 0 Å². The molecule has 0 bridgehead atoms. The summed E-state index contributed by atoms with van der Waals surface area (Å²) < 4.78 is 39.7. The fraction of sp³-hybridized carbons (Fsp3) is 0.519. The maximum Gasteiger partial charge on any atom is 0.423 e. The first-order valence-electron chi connectivity index (χ1n) is 12.5. The van der Waals surface area contributed by atoms with E-state index in [9.17, 15) is 28.1 Å². The number of anilines is 2. The van der Waals surface area contributed by atoms with E-state index in [2.05, 4.69) is 46.3 Å². The van der Waals surface area contributed by atoms with Crippen LogP contribution in [0.1, 0.15) is 37.8 Å². The van der Waals surface area contributed by atoms with Crippen LogP contribution < -0.4 is 10.2 Å². The predicted molar refractivity (Wildman–Crippen MR) is 143 cm³/mol. The summed E-state index contributed by atoms with van der Waals surface area (Å²) in [5, 5.41) is 14.0. The highest BCUT2D eigenvalue weighted by atomic mass is 19.4. The van der Waals surface area contributed by atoms with Gasteiger partial charge in [0.2, 0.25) is 5.91 Å². The quantitative estimate of drug-likeness (QED) is 0.371. The van der Waals surface area contributed by atoms with E-state index < -0.39 is 22.4 Å². The van der Waals surface area contributed by atoms with Crippen molar-refractivity contribution in [2.45, 2.75) is 45.8 Å². The number of nitrogens with zero attached hydrogens (tertiary/aromatic N) is 4. The molecular formula is C27H36F3N5O3. The minimum Gasteiger partial charge on any atom is -0.380 e. The molecule has 0 aromatic heterocycles. The molecule has 0 aliphatic carbocycles. The van der Waals surface area contributed by atoms with Crippen LogP contribution in [0.15, 0.2) is 42.5 Å². The van der Waals surface area contributed by atoms with Gasteiger partial charge in [-0.25, -0.2) is 0 Å². The summed E-state index contributed by atoms with van der Waals surface area (Å²) in [6.45, 7) is 7.67. The number of carbonyl (C=O) groups excluding carboxylic acids is 1. The Morgan fingerprint density at radius 1 is 1.08 bits per heavy atom. The van der Waals surface area contributed by atoms with E-state index in [1.165, 1.54) is 17.3 Å². The number of hydrogen-bond acceptors (Lipinski definition) is 6. The highest BCUT2D eigenvalue weighted by molar-refractivity contribution is 5.76. The van der Waals surface area contributed by atoms with Crippen molar-refractivity contribution in [1.29, 1.82) is 0 Å². The Morgan fingerprint density at radius 2 is 1.76 bits per heavy atom. The largest absolute Gasteiger partial charge is 0.423 e. The smallest absolute Gasteiger partial charge is 0.380 e. The van der Waals surface area contributed by atoms with Crippen LogP contribution in [0.25, 0.3) is 0 Å². The minimum atomic E-state index is -4.83. The second-order valence-corrected chi connectivity index (χ2v) is 9.72. The van der Waals surface area contributed by atoms with Gasteiger partial charge >= 0.3 is 6.18 Å². The van der Waals surface area contributed by atoms with Crippen LogP contribution in [-0.2, 0) is 11.0 Å². The number of likely N-dealkylation sites (tertiary alicyclic amines) is 1. The lowest BCUT2D eigenvalue weighted by atomic mass is 10.1. The van der Waals surface area contributed by atoms with E-state index in [0.29, 0.717) is 25.9 Å². The fourth-order valence-corrected chi connectivity index (χ4v) is 4.95. The van der Waals surface area contributed by atoms with E-state index >= 15 is 0 Å². The van der Waals surface area contributed by atoms with E-state index in [4.69, 9.17) is 0 Å². The molecule has 0 unspecified atom stereocenters. The number of carbonyl (C=O) groups is 1. The van der Waals surface area contributed by atoms with Crippen molar-refractivity contribution in [2.24, 2.45) is 0 Å². The third-order valence-corrected chi connectivity index (χ3v) is 7.05. The molecule has 11 heteroatoms. The molecule has 2 aliphatic heterocycles. The molecule has 2 aromatic carbocycles. The number of piperazine rings is 1. The number of nitro benzene ring substituents is 1. The summed E-state index contributed by atoms with van der Waals surface area (Å²) in [7, 11) is 0. The lowest BCUT2D eigenvalue weighted by molar-refractivity contribution is -0.388. The minimum absolute atomic E-state index is 0. The van der Waals surface area contributed by atoms with Crippen LogP contribution in [0.4, 0.5) is 30.2 Å². The van der Waals surface area contributed by atoms with Crippen molar-refractivity contribution in [3.63, 3.8) is 0 Å². The first-order valence-corrected chi connectivity index (χ1v) is 12.5. The van der Waals surface area contributed by atoms with Gasteiger partial charge in [-0.05, 0) is 50.6 Å². The first kappa shape index (κ1) is 29.2. The Bertz CT molecular complexity index is 1100. The molecule has 2 heterocycles. The number of halogens is 3. The average Bonchev–Trinajstić information content (AvgIpc) is 3.33. The fourth-order valence-electron chi connectivity index (χ4n) is 4.95. The van der Waals surface area contributed by atoms with Crippen LogP contribution in [-0.4, -0.2) is 72.5 Å². The maximum absolute atomic E-state index is 13.2. The molecule has 2 fully saturated rings. The summed E-state index contributed by atoms with van der Waals surface area (Å²) in [5.74, 6) is 0.0438. The van der Waals surface area contributed by atoms with Crippen LogP contribution in [0.5, 0.6) is 0 Å². The molecule has 2 saturated heterocycles. The SMILES string of the molecule is C.Cc1ccc(N2CCN(CCCC(=O)N3CC[C@@H](Nc4ccc([N+](=O)[O-])c(C(F)(F)F)c4)C3)CC2)cc1.